The third-order valence-electron chi connectivity index (χ3n) is 4.69. The first-order valence-electron chi connectivity index (χ1n) is 7.26. The molecule has 2 fully saturated rings. The highest BCUT2D eigenvalue weighted by atomic mass is 14.9. The highest BCUT2D eigenvalue weighted by Crippen LogP contribution is 2.68. The molecule has 1 heterocycles. The summed E-state index contributed by atoms with van der Waals surface area (Å²) in [5.41, 5.74) is 2.63. The van der Waals surface area contributed by atoms with Gasteiger partial charge in [-0.3, -0.25) is 4.98 Å². The quantitative estimate of drug-likeness (QED) is 0.860. The largest absolute Gasteiger partial charge is 0.316 e. The summed E-state index contributed by atoms with van der Waals surface area (Å²) in [4.78, 5) is 4.16. The number of rotatable bonds is 5. The molecule has 2 aliphatic carbocycles. The second-order valence-corrected chi connectivity index (χ2v) is 6.89. The molecule has 1 aromatic heterocycles. The van der Waals surface area contributed by atoms with Crippen molar-refractivity contribution in [2.24, 2.45) is 11.3 Å². The number of nitrogens with zero attached hydrogens (tertiary/aromatic N) is 1. The fourth-order valence-corrected chi connectivity index (χ4v) is 3.65. The van der Waals surface area contributed by atoms with Crippen LogP contribution in [0.2, 0.25) is 0 Å². The monoisotopic (exact) mass is 244 g/mol. The Bertz CT molecular complexity index is 398. The van der Waals surface area contributed by atoms with Gasteiger partial charge in [-0.25, -0.2) is 0 Å². The minimum Gasteiger partial charge on any atom is -0.316 e. The van der Waals surface area contributed by atoms with E-state index in [0.29, 0.717) is 5.41 Å². The summed E-state index contributed by atoms with van der Waals surface area (Å²) in [6, 6.07) is 4.43. The molecule has 0 saturated heterocycles. The summed E-state index contributed by atoms with van der Waals surface area (Å²) in [5.74, 6) is 0.731. The summed E-state index contributed by atoms with van der Waals surface area (Å²) < 4.78 is 0. The first-order valence-corrected chi connectivity index (χ1v) is 7.26. The van der Waals surface area contributed by atoms with E-state index < -0.39 is 0 Å². The lowest BCUT2D eigenvalue weighted by Crippen LogP contribution is -2.50. The molecule has 0 amide bonds. The minimum absolute atomic E-state index is 0.397. The third kappa shape index (κ3) is 2.18. The molecule has 18 heavy (non-hydrogen) atoms. The fraction of sp³-hybridized carbons (Fsp3) is 0.688. The maximum Gasteiger partial charge on any atom is 0.0270 e. The van der Waals surface area contributed by atoms with E-state index in [9.17, 15) is 0 Å². The van der Waals surface area contributed by atoms with E-state index >= 15 is 0 Å². The van der Waals surface area contributed by atoms with Crippen molar-refractivity contribution in [2.45, 2.75) is 44.9 Å². The van der Waals surface area contributed by atoms with Crippen LogP contribution in [0.5, 0.6) is 0 Å². The molecule has 1 aromatic rings. The predicted octanol–water partition coefficient (Wildman–Crippen LogP) is 3.14. The zero-order chi connectivity index (χ0) is 12.6. The summed E-state index contributed by atoms with van der Waals surface area (Å²) >= 11 is 0. The molecule has 0 atom stereocenters. The van der Waals surface area contributed by atoms with E-state index in [4.69, 9.17) is 0 Å². The Morgan fingerprint density at radius 1 is 1.22 bits per heavy atom. The van der Waals surface area contributed by atoms with Crippen LogP contribution in [-0.2, 0) is 5.41 Å². The smallest absolute Gasteiger partial charge is 0.0270 e. The molecule has 2 nitrogen and oxygen atoms in total. The Balaban J connectivity index is 1.69. The Morgan fingerprint density at radius 2 is 1.89 bits per heavy atom. The molecule has 0 bridgehead atoms. The summed E-state index contributed by atoms with van der Waals surface area (Å²) in [6.45, 7) is 6.81. The van der Waals surface area contributed by atoms with E-state index in [2.05, 4.69) is 36.3 Å². The number of hydrogen-bond donors (Lipinski definition) is 1. The average Bonchev–Trinajstić information content (AvgIpc) is 3.09. The zero-order valence-corrected chi connectivity index (χ0v) is 11.6. The number of pyridine rings is 1. The second kappa shape index (κ2) is 4.34. The van der Waals surface area contributed by atoms with Gasteiger partial charge in [-0.05, 0) is 61.3 Å². The van der Waals surface area contributed by atoms with Crippen LogP contribution >= 0.6 is 0 Å². The summed E-state index contributed by atoms with van der Waals surface area (Å²) in [5, 5.41) is 3.67. The molecule has 0 aliphatic heterocycles. The van der Waals surface area contributed by atoms with Crippen molar-refractivity contribution in [1.29, 1.82) is 0 Å². The lowest BCUT2D eigenvalue weighted by atomic mass is 9.56. The van der Waals surface area contributed by atoms with E-state index in [1.54, 1.807) is 0 Å². The number of aromatic nitrogens is 1. The van der Waals surface area contributed by atoms with Crippen LogP contribution in [0.4, 0.5) is 0 Å². The van der Waals surface area contributed by atoms with Gasteiger partial charge in [0.15, 0.2) is 0 Å². The van der Waals surface area contributed by atoms with Gasteiger partial charge in [-0.15, -0.1) is 0 Å². The van der Waals surface area contributed by atoms with Crippen molar-refractivity contribution in [2.75, 3.05) is 13.1 Å². The van der Waals surface area contributed by atoms with E-state index in [-0.39, 0.29) is 0 Å². The minimum atomic E-state index is 0.397. The normalized spacial score (nSPS) is 23.1. The fourth-order valence-electron chi connectivity index (χ4n) is 3.65. The number of hydrogen-bond acceptors (Lipinski definition) is 2. The lowest BCUT2D eigenvalue weighted by Gasteiger charge is -2.49. The zero-order valence-electron chi connectivity index (χ0n) is 11.6. The van der Waals surface area contributed by atoms with Crippen molar-refractivity contribution in [3.05, 3.63) is 30.1 Å². The van der Waals surface area contributed by atoms with Gasteiger partial charge in [0.2, 0.25) is 0 Å². The molecule has 0 unspecified atom stereocenters. The van der Waals surface area contributed by atoms with Crippen LogP contribution in [0.25, 0.3) is 0 Å². The van der Waals surface area contributed by atoms with Gasteiger partial charge >= 0.3 is 0 Å². The van der Waals surface area contributed by atoms with Crippen LogP contribution < -0.4 is 5.32 Å². The molecule has 2 saturated carbocycles. The summed E-state index contributed by atoms with van der Waals surface area (Å²) in [6.07, 6.45) is 9.58. The molecule has 0 aromatic carbocycles. The van der Waals surface area contributed by atoms with Crippen LogP contribution in [-0.4, -0.2) is 18.1 Å². The predicted molar refractivity (Wildman–Crippen MR) is 74.5 cm³/mol. The van der Waals surface area contributed by atoms with Gasteiger partial charge in [0, 0.05) is 24.4 Å². The van der Waals surface area contributed by atoms with Crippen molar-refractivity contribution < 1.29 is 0 Å². The summed E-state index contributed by atoms with van der Waals surface area (Å²) in [7, 11) is 0. The Hall–Kier alpha value is -0.890. The maximum absolute atomic E-state index is 4.16. The topological polar surface area (TPSA) is 24.9 Å². The first-order chi connectivity index (χ1) is 8.64. The Kier molecular flexibility index (Phi) is 2.93. The van der Waals surface area contributed by atoms with Crippen LogP contribution in [0.15, 0.2) is 24.5 Å². The molecule has 1 spiro atoms. The van der Waals surface area contributed by atoms with Gasteiger partial charge in [0.05, 0.1) is 0 Å². The van der Waals surface area contributed by atoms with Gasteiger partial charge in [-0.1, -0.05) is 13.8 Å². The Labute approximate surface area is 110 Å². The molecule has 2 aliphatic rings. The molecule has 1 N–H and O–H groups in total. The third-order valence-corrected chi connectivity index (χ3v) is 4.69. The first kappa shape index (κ1) is 12.2. The lowest BCUT2D eigenvalue weighted by molar-refractivity contribution is 0.115. The molecule has 0 radical (unpaired) electrons. The molecule has 2 heteroatoms. The average molecular weight is 244 g/mol. The van der Waals surface area contributed by atoms with Crippen LogP contribution in [0, 0.1) is 11.3 Å². The maximum atomic E-state index is 4.16. The van der Waals surface area contributed by atoms with Gasteiger partial charge < -0.3 is 5.32 Å². The van der Waals surface area contributed by atoms with Crippen LogP contribution in [0.1, 0.15) is 45.1 Å². The highest BCUT2D eigenvalue weighted by molar-refractivity contribution is 5.32. The standard InChI is InChI=1S/C16H24N2/c1-13(2)9-18-12-16(10-15(11-16)5-6-15)14-3-7-17-8-4-14/h3-4,7-8,13,18H,5-6,9-12H2,1-2H3. The van der Waals surface area contributed by atoms with Crippen LogP contribution in [0.3, 0.4) is 0 Å². The highest BCUT2D eigenvalue weighted by Gasteiger charge is 2.60. The van der Waals surface area contributed by atoms with E-state index in [1.807, 2.05) is 12.4 Å². The molecular weight excluding hydrogens is 220 g/mol. The molecule has 98 valence electrons. The van der Waals surface area contributed by atoms with Crippen molar-refractivity contribution >= 4 is 0 Å². The van der Waals surface area contributed by atoms with Gasteiger partial charge in [0.1, 0.15) is 0 Å². The van der Waals surface area contributed by atoms with Gasteiger partial charge in [0.25, 0.3) is 0 Å². The van der Waals surface area contributed by atoms with E-state index in [1.165, 1.54) is 31.2 Å². The Morgan fingerprint density at radius 3 is 2.44 bits per heavy atom. The van der Waals surface area contributed by atoms with E-state index in [0.717, 1.165) is 24.4 Å². The van der Waals surface area contributed by atoms with Crippen molar-refractivity contribution in [1.82, 2.24) is 10.3 Å². The second-order valence-electron chi connectivity index (χ2n) is 6.89. The van der Waals surface area contributed by atoms with Crippen molar-refractivity contribution in [3.8, 4) is 0 Å². The molecular formula is C16H24N2. The SMILES string of the molecule is CC(C)CNCC1(c2ccncc2)CC2(CC2)C1. The van der Waals surface area contributed by atoms with Gasteiger partial charge in [-0.2, -0.15) is 0 Å². The number of nitrogens with one attached hydrogen (secondary N) is 1. The van der Waals surface area contributed by atoms with Crippen molar-refractivity contribution in [3.63, 3.8) is 0 Å². The molecule has 3 rings (SSSR count).